The predicted octanol–water partition coefficient (Wildman–Crippen LogP) is 3.07. The Labute approximate surface area is 146 Å². The van der Waals surface area contributed by atoms with E-state index in [4.69, 9.17) is 10.5 Å². The number of thiazole rings is 1. The number of anilines is 1. The van der Waals surface area contributed by atoms with E-state index in [1.807, 2.05) is 43.5 Å². The van der Waals surface area contributed by atoms with Gasteiger partial charge < -0.3 is 20.7 Å². The number of aromatic nitrogens is 1. The largest absolute Gasteiger partial charge is 0.494 e. The maximum absolute atomic E-state index is 12.3. The number of benzene rings is 1. The molecule has 3 N–H and O–H groups in total. The highest BCUT2D eigenvalue weighted by atomic mass is 32.1. The van der Waals surface area contributed by atoms with Gasteiger partial charge in [-0.05, 0) is 31.5 Å². The SMILES string of the molecule is CCOc1ccc(C(C)N(C)C(=O)NCCc2csc(N)n2)cc1. The topological polar surface area (TPSA) is 80.5 Å². The van der Waals surface area contributed by atoms with Crippen LogP contribution in [0, 0.1) is 0 Å². The zero-order chi connectivity index (χ0) is 17.5. The second kappa shape index (κ2) is 8.54. The molecule has 1 heterocycles. The molecular formula is C17H24N4O2S. The fourth-order valence-corrected chi connectivity index (χ4v) is 2.87. The minimum Gasteiger partial charge on any atom is -0.494 e. The number of hydrogen-bond acceptors (Lipinski definition) is 5. The highest BCUT2D eigenvalue weighted by molar-refractivity contribution is 7.13. The first kappa shape index (κ1) is 18.1. The molecule has 0 aliphatic carbocycles. The molecule has 1 unspecified atom stereocenters. The van der Waals surface area contributed by atoms with Crippen LogP contribution in [0.25, 0.3) is 0 Å². The predicted molar refractivity (Wildman–Crippen MR) is 97.4 cm³/mol. The number of nitrogens with two attached hydrogens (primary N) is 1. The first-order valence-corrected chi connectivity index (χ1v) is 8.82. The fraction of sp³-hybridized carbons (Fsp3) is 0.412. The molecule has 0 radical (unpaired) electrons. The number of carbonyl (C=O) groups is 1. The van der Waals surface area contributed by atoms with Crippen LogP contribution >= 0.6 is 11.3 Å². The van der Waals surface area contributed by atoms with Crippen molar-refractivity contribution in [3.63, 3.8) is 0 Å². The van der Waals surface area contributed by atoms with Crippen molar-refractivity contribution in [3.05, 3.63) is 40.9 Å². The quantitative estimate of drug-likeness (QED) is 0.806. The summed E-state index contributed by atoms with van der Waals surface area (Å²) in [5.41, 5.74) is 7.56. The van der Waals surface area contributed by atoms with Crippen molar-refractivity contribution in [1.82, 2.24) is 15.2 Å². The van der Waals surface area contributed by atoms with Crippen LogP contribution < -0.4 is 15.8 Å². The number of amides is 2. The number of nitrogen functional groups attached to an aromatic ring is 1. The van der Waals surface area contributed by atoms with E-state index in [1.54, 1.807) is 11.9 Å². The molecule has 6 nitrogen and oxygen atoms in total. The van der Waals surface area contributed by atoms with Crippen molar-refractivity contribution >= 4 is 22.5 Å². The molecule has 1 aromatic heterocycles. The lowest BCUT2D eigenvalue weighted by atomic mass is 10.1. The average Bonchev–Trinajstić information content (AvgIpc) is 2.99. The van der Waals surface area contributed by atoms with Crippen molar-refractivity contribution in [2.75, 3.05) is 25.9 Å². The number of urea groups is 1. The van der Waals surface area contributed by atoms with Crippen molar-refractivity contribution < 1.29 is 9.53 Å². The third-order valence-electron chi connectivity index (χ3n) is 3.80. The maximum atomic E-state index is 12.3. The van der Waals surface area contributed by atoms with Gasteiger partial charge in [-0.3, -0.25) is 0 Å². The second-order valence-corrected chi connectivity index (χ2v) is 6.34. The van der Waals surface area contributed by atoms with Crippen LogP contribution in [0.3, 0.4) is 0 Å². The van der Waals surface area contributed by atoms with E-state index >= 15 is 0 Å². The molecule has 0 spiro atoms. The highest BCUT2D eigenvalue weighted by Gasteiger charge is 2.17. The van der Waals surface area contributed by atoms with Gasteiger partial charge in [0.1, 0.15) is 5.75 Å². The molecule has 0 saturated carbocycles. The highest BCUT2D eigenvalue weighted by Crippen LogP contribution is 2.21. The van der Waals surface area contributed by atoms with Crippen LogP contribution in [0.1, 0.15) is 31.1 Å². The van der Waals surface area contributed by atoms with Gasteiger partial charge in [-0.1, -0.05) is 12.1 Å². The summed E-state index contributed by atoms with van der Waals surface area (Å²) >= 11 is 1.41. The van der Waals surface area contributed by atoms with Gasteiger partial charge in [-0.15, -0.1) is 11.3 Å². The smallest absolute Gasteiger partial charge is 0.317 e. The van der Waals surface area contributed by atoms with Crippen LogP contribution in [0.4, 0.5) is 9.93 Å². The van der Waals surface area contributed by atoms with E-state index in [-0.39, 0.29) is 12.1 Å². The first-order chi connectivity index (χ1) is 11.5. The first-order valence-electron chi connectivity index (χ1n) is 7.94. The van der Waals surface area contributed by atoms with Crippen LogP contribution in [-0.2, 0) is 6.42 Å². The minimum atomic E-state index is -0.111. The van der Waals surface area contributed by atoms with E-state index in [0.29, 0.717) is 24.7 Å². The summed E-state index contributed by atoms with van der Waals surface area (Å²) in [6, 6.07) is 7.67. The van der Waals surface area contributed by atoms with Crippen LogP contribution in [0.15, 0.2) is 29.6 Å². The average molecular weight is 348 g/mol. The molecule has 1 aromatic carbocycles. The molecule has 0 fully saturated rings. The zero-order valence-electron chi connectivity index (χ0n) is 14.3. The zero-order valence-corrected chi connectivity index (χ0v) is 15.1. The Morgan fingerprint density at radius 1 is 1.42 bits per heavy atom. The van der Waals surface area contributed by atoms with E-state index in [0.717, 1.165) is 17.0 Å². The molecule has 7 heteroatoms. The van der Waals surface area contributed by atoms with Gasteiger partial charge in [0.2, 0.25) is 0 Å². The molecule has 0 aliphatic heterocycles. The lowest BCUT2D eigenvalue weighted by Gasteiger charge is -2.25. The van der Waals surface area contributed by atoms with Gasteiger partial charge in [-0.25, -0.2) is 9.78 Å². The summed E-state index contributed by atoms with van der Waals surface area (Å²) in [6.07, 6.45) is 0.671. The number of nitrogens with one attached hydrogen (secondary N) is 1. The lowest BCUT2D eigenvalue weighted by molar-refractivity contribution is 0.194. The van der Waals surface area contributed by atoms with Crippen LogP contribution in [0.2, 0.25) is 0 Å². The monoisotopic (exact) mass is 348 g/mol. The summed E-state index contributed by atoms with van der Waals surface area (Å²) < 4.78 is 5.44. The molecule has 2 aromatic rings. The van der Waals surface area contributed by atoms with Crippen molar-refractivity contribution in [2.24, 2.45) is 0 Å². The molecule has 1 atom stereocenters. The van der Waals surface area contributed by atoms with Crippen molar-refractivity contribution in [3.8, 4) is 5.75 Å². The molecule has 130 valence electrons. The van der Waals surface area contributed by atoms with Crippen LogP contribution in [-0.4, -0.2) is 36.1 Å². The summed E-state index contributed by atoms with van der Waals surface area (Å²) in [6.45, 7) is 5.12. The molecule has 0 aliphatic rings. The fourth-order valence-electron chi connectivity index (χ4n) is 2.27. The molecule has 24 heavy (non-hydrogen) atoms. The number of rotatable bonds is 7. The molecule has 0 bridgehead atoms. The Kier molecular flexibility index (Phi) is 6.43. The Hall–Kier alpha value is -2.28. The van der Waals surface area contributed by atoms with E-state index in [9.17, 15) is 4.79 Å². The Balaban J connectivity index is 1.84. The summed E-state index contributed by atoms with van der Waals surface area (Å²) in [4.78, 5) is 18.1. The van der Waals surface area contributed by atoms with Crippen molar-refractivity contribution in [2.45, 2.75) is 26.3 Å². The van der Waals surface area contributed by atoms with E-state index in [2.05, 4.69) is 10.3 Å². The Morgan fingerprint density at radius 3 is 2.71 bits per heavy atom. The summed E-state index contributed by atoms with van der Waals surface area (Å²) in [5, 5.41) is 5.37. The lowest BCUT2D eigenvalue weighted by Crippen LogP contribution is -2.39. The van der Waals surface area contributed by atoms with Gasteiger partial charge in [0, 0.05) is 25.4 Å². The third kappa shape index (κ3) is 4.86. The van der Waals surface area contributed by atoms with Gasteiger partial charge in [0.05, 0.1) is 18.3 Å². The van der Waals surface area contributed by atoms with Crippen LogP contribution in [0.5, 0.6) is 5.75 Å². The second-order valence-electron chi connectivity index (χ2n) is 5.45. The molecule has 0 saturated heterocycles. The van der Waals surface area contributed by atoms with Crippen molar-refractivity contribution in [1.29, 1.82) is 0 Å². The van der Waals surface area contributed by atoms with Gasteiger partial charge >= 0.3 is 6.03 Å². The van der Waals surface area contributed by atoms with Gasteiger partial charge in [0.25, 0.3) is 0 Å². The summed E-state index contributed by atoms with van der Waals surface area (Å²) in [7, 11) is 1.79. The minimum absolute atomic E-state index is 0.0319. The number of hydrogen-bond donors (Lipinski definition) is 2. The number of ether oxygens (including phenoxy) is 1. The summed E-state index contributed by atoms with van der Waals surface area (Å²) in [5.74, 6) is 0.836. The number of nitrogens with zero attached hydrogens (tertiary/aromatic N) is 2. The molecular weight excluding hydrogens is 324 g/mol. The van der Waals surface area contributed by atoms with E-state index < -0.39 is 0 Å². The molecule has 2 rings (SSSR count). The molecule has 2 amide bonds. The Bertz CT molecular complexity index is 657. The number of carbonyl (C=O) groups excluding carboxylic acids is 1. The maximum Gasteiger partial charge on any atom is 0.317 e. The normalized spacial score (nSPS) is 11.8. The van der Waals surface area contributed by atoms with Gasteiger partial charge in [-0.2, -0.15) is 0 Å². The van der Waals surface area contributed by atoms with Gasteiger partial charge in [0.15, 0.2) is 5.13 Å². The standard InChI is InChI=1S/C17H24N4O2S/c1-4-23-15-7-5-13(6-8-15)12(2)21(3)17(22)19-10-9-14-11-24-16(18)20-14/h5-8,11-12H,4,9-10H2,1-3H3,(H2,18,20)(H,19,22). The third-order valence-corrected chi connectivity index (χ3v) is 4.52. The van der Waals surface area contributed by atoms with E-state index in [1.165, 1.54) is 11.3 Å². The Morgan fingerprint density at radius 2 is 2.12 bits per heavy atom.